The summed E-state index contributed by atoms with van der Waals surface area (Å²) in [6.45, 7) is 1.85. The van der Waals surface area contributed by atoms with Gasteiger partial charge in [0, 0.05) is 7.05 Å². The van der Waals surface area contributed by atoms with E-state index in [0.717, 1.165) is 5.56 Å². The number of benzene rings is 2. The first-order chi connectivity index (χ1) is 9.46. The first-order valence-corrected chi connectivity index (χ1v) is 7.59. The highest BCUT2D eigenvalue weighted by Crippen LogP contribution is 2.29. The SMILES string of the molecule is COc1ccc(C)cc1S(=O)(=O)N(C)c1ccccc1. The summed E-state index contributed by atoms with van der Waals surface area (Å²) in [5.74, 6) is 0.346. The van der Waals surface area contributed by atoms with Gasteiger partial charge in [-0.25, -0.2) is 8.42 Å². The number of para-hydroxylation sites is 1. The van der Waals surface area contributed by atoms with Gasteiger partial charge in [0.25, 0.3) is 10.0 Å². The van der Waals surface area contributed by atoms with Crippen LogP contribution in [0.4, 0.5) is 5.69 Å². The van der Waals surface area contributed by atoms with E-state index in [4.69, 9.17) is 4.74 Å². The first kappa shape index (κ1) is 14.4. The van der Waals surface area contributed by atoms with Crippen molar-refractivity contribution in [1.82, 2.24) is 0 Å². The van der Waals surface area contributed by atoms with Gasteiger partial charge in [-0.1, -0.05) is 24.3 Å². The molecule has 106 valence electrons. The van der Waals surface area contributed by atoms with Gasteiger partial charge in [0.05, 0.1) is 12.8 Å². The van der Waals surface area contributed by atoms with Crippen LogP contribution in [0.25, 0.3) is 0 Å². The van der Waals surface area contributed by atoms with Crippen LogP contribution in [0.2, 0.25) is 0 Å². The van der Waals surface area contributed by atoms with Crippen LogP contribution in [-0.2, 0) is 10.0 Å². The Morgan fingerprint density at radius 2 is 1.70 bits per heavy atom. The van der Waals surface area contributed by atoms with Crippen LogP contribution in [0, 0.1) is 6.92 Å². The molecule has 4 nitrogen and oxygen atoms in total. The molecule has 0 saturated heterocycles. The highest BCUT2D eigenvalue weighted by molar-refractivity contribution is 7.92. The second-order valence-electron chi connectivity index (χ2n) is 4.46. The van der Waals surface area contributed by atoms with Gasteiger partial charge in [-0.3, -0.25) is 4.31 Å². The van der Waals surface area contributed by atoms with Crippen molar-refractivity contribution in [2.24, 2.45) is 0 Å². The molecule has 2 aromatic rings. The molecule has 0 heterocycles. The van der Waals surface area contributed by atoms with Gasteiger partial charge in [-0.05, 0) is 36.8 Å². The molecule has 0 aliphatic heterocycles. The molecule has 0 saturated carbocycles. The van der Waals surface area contributed by atoms with Gasteiger partial charge < -0.3 is 4.74 Å². The Balaban J connectivity index is 2.53. The Morgan fingerprint density at radius 1 is 1.05 bits per heavy atom. The molecule has 0 unspecified atom stereocenters. The summed E-state index contributed by atoms with van der Waals surface area (Å²) in [7, 11) is -0.650. The van der Waals surface area contributed by atoms with Crippen molar-refractivity contribution >= 4 is 15.7 Å². The second-order valence-corrected chi connectivity index (χ2v) is 6.40. The van der Waals surface area contributed by atoms with E-state index in [1.807, 2.05) is 19.1 Å². The van der Waals surface area contributed by atoms with Gasteiger partial charge in [0.1, 0.15) is 10.6 Å². The quantitative estimate of drug-likeness (QED) is 0.870. The minimum atomic E-state index is -3.65. The van der Waals surface area contributed by atoms with E-state index in [0.29, 0.717) is 11.4 Å². The van der Waals surface area contributed by atoms with E-state index in [1.54, 1.807) is 36.4 Å². The molecule has 0 fully saturated rings. The highest BCUT2D eigenvalue weighted by atomic mass is 32.2. The van der Waals surface area contributed by atoms with Gasteiger partial charge in [0.15, 0.2) is 0 Å². The van der Waals surface area contributed by atoms with E-state index in [-0.39, 0.29) is 4.90 Å². The van der Waals surface area contributed by atoms with Crippen LogP contribution >= 0.6 is 0 Å². The smallest absolute Gasteiger partial charge is 0.267 e. The lowest BCUT2D eigenvalue weighted by molar-refractivity contribution is 0.402. The molecule has 0 radical (unpaired) electrons. The third-order valence-corrected chi connectivity index (χ3v) is 4.88. The molecule has 2 rings (SSSR count). The molecule has 2 aromatic carbocycles. The Hall–Kier alpha value is -2.01. The number of hydrogen-bond acceptors (Lipinski definition) is 3. The second kappa shape index (κ2) is 5.54. The summed E-state index contributed by atoms with van der Waals surface area (Å²) in [5.41, 5.74) is 1.47. The molecule has 0 amide bonds. The lowest BCUT2D eigenvalue weighted by Crippen LogP contribution is -2.27. The highest BCUT2D eigenvalue weighted by Gasteiger charge is 2.25. The molecule has 0 bridgehead atoms. The minimum absolute atomic E-state index is 0.173. The number of methoxy groups -OCH3 is 1. The van der Waals surface area contributed by atoms with Crippen molar-refractivity contribution < 1.29 is 13.2 Å². The fraction of sp³-hybridized carbons (Fsp3) is 0.200. The lowest BCUT2D eigenvalue weighted by Gasteiger charge is -2.21. The van der Waals surface area contributed by atoms with Gasteiger partial charge in [-0.15, -0.1) is 0 Å². The lowest BCUT2D eigenvalue weighted by atomic mass is 10.2. The van der Waals surface area contributed by atoms with Crippen LogP contribution < -0.4 is 9.04 Å². The number of nitrogens with zero attached hydrogens (tertiary/aromatic N) is 1. The fourth-order valence-electron chi connectivity index (χ4n) is 1.91. The van der Waals surface area contributed by atoms with Gasteiger partial charge >= 0.3 is 0 Å². The number of rotatable bonds is 4. The average molecular weight is 291 g/mol. The van der Waals surface area contributed by atoms with Crippen LogP contribution in [0.15, 0.2) is 53.4 Å². The van der Waals surface area contributed by atoms with E-state index in [2.05, 4.69) is 0 Å². The fourth-order valence-corrected chi connectivity index (χ4v) is 3.34. The van der Waals surface area contributed by atoms with Crippen molar-refractivity contribution in [2.45, 2.75) is 11.8 Å². The summed E-state index contributed by atoms with van der Waals surface area (Å²) < 4.78 is 31.8. The summed E-state index contributed by atoms with van der Waals surface area (Å²) in [6.07, 6.45) is 0. The van der Waals surface area contributed by atoms with Crippen molar-refractivity contribution in [2.75, 3.05) is 18.5 Å². The van der Waals surface area contributed by atoms with Crippen molar-refractivity contribution in [3.8, 4) is 5.75 Å². The maximum absolute atomic E-state index is 12.7. The largest absolute Gasteiger partial charge is 0.495 e. The number of aryl methyl sites for hydroxylation is 1. The molecular weight excluding hydrogens is 274 g/mol. The maximum Gasteiger partial charge on any atom is 0.267 e. The van der Waals surface area contributed by atoms with E-state index in [9.17, 15) is 8.42 Å². The minimum Gasteiger partial charge on any atom is -0.495 e. The predicted octanol–water partition coefficient (Wildman–Crippen LogP) is 2.83. The molecule has 5 heteroatoms. The zero-order chi connectivity index (χ0) is 14.8. The van der Waals surface area contributed by atoms with Crippen LogP contribution in [0.3, 0.4) is 0 Å². The van der Waals surface area contributed by atoms with E-state index in [1.165, 1.54) is 18.5 Å². The third-order valence-electron chi connectivity index (χ3n) is 3.08. The Bertz CT molecular complexity index is 696. The molecular formula is C15H17NO3S. The molecule has 0 atom stereocenters. The van der Waals surface area contributed by atoms with Crippen molar-refractivity contribution in [3.63, 3.8) is 0 Å². The zero-order valence-electron chi connectivity index (χ0n) is 11.7. The topological polar surface area (TPSA) is 46.6 Å². The van der Waals surface area contributed by atoms with E-state index >= 15 is 0 Å². The summed E-state index contributed by atoms with van der Waals surface area (Å²) in [5, 5.41) is 0. The standard InChI is InChI=1S/C15H17NO3S/c1-12-9-10-14(19-3)15(11-12)20(17,18)16(2)13-7-5-4-6-8-13/h4-11H,1-3H3. The number of ether oxygens (including phenoxy) is 1. The number of anilines is 1. The average Bonchev–Trinajstić information content (AvgIpc) is 2.47. The Labute approximate surface area is 119 Å². The van der Waals surface area contributed by atoms with Crippen molar-refractivity contribution in [3.05, 3.63) is 54.1 Å². The molecule has 0 spiro atoms. The first-order valence-electron chi connectivity index (χ1n) is 6.15. The van der Waals surface area contributed by atoms with Gasteiger partial charge in [-0.2, -0.15) is 0 Å². The Kier molecular flexibility index (Phi) is 3.99. The normalized spacial score (nSPS) is 11.2. The summed E-state index contributed by atoms with van der Waals surface area (Å²) >= 11 is 0. The summed E-state index contributed by atoms with van der Waals surface area (Å²) in [4.78, 5) is 0.173. The third kappa shape index (κ3) is 2.63. The number of hydrogen-bond donors (Lipinski definition) is 0. The predicted molar refractivity (Wildman–Crippen MR) is 79.8 cm³/mol. The molecule has 0 aliphatic carbocycles. The van der Waals surface area contributed by atoms with E-state index < -0.39 is 10.0 Å². The molecule has 0 N–H and O–H groups in total. The molecule has 0 aliphatic rings. The summed E-state index contributed by atoms with van der Waals surface area (Å²) in [6, 6.07) is 14.1. The molecule has 0 aromatic heterocycles. The maximum atomic E-state index is 12.7. The van der Waals surface area contributed by atoms with Gasteiger partial charge in [0.2, 0.25) is 0 Å². The monoisotopic (exact) mass is 291 g/mol. The van der Waals surface area contributed by atoms with Crippen LogP contribution in [0.5, 0.6) is 5.75 Å². The zero-order valence-corrected chi connectivity index (χ0v) is 12.5. The van der Waals surface area contributed by atoms with Crippen molar-refractivity contribution in [1.29, 1.82) is 0 Å². The Morgan fingerprint density at radius 3 is 2.30 bits per heavy atom. The number of sulfonamides is 1. The van der Waals surface area contributed by atoms with Crippen LogP contribution in [0.1, 0.15) is 5.56 Å². The molecule has 20 heavy (non-hydrogen) atoms. The van der Waals surface area contributed by atoms with Crippen LogP contribution in [-0.4, -0.2) is 22.6 Å².